The summed E-state index contributed by atoms with van der Waals surface area (Å²) in [6, 6.07) is 27.0. The molecule has 3 aromatic carbocycles. The zero-order valence-corrected chi connectivity index (χ0v) is 19.1. The van der Waals surface area contributed by atoms with Gasteiger partial charge < -0.3 is 19.8 Å². The van der Waals surface area contributed by atoms with Gasteiger partial charge in [-0.15, -0.1) is 0 Å². The smallest absolute Gasteiger partial charge is 0.303 e. The predicted octanol–water partition coefficient (Wildman–Crippen LogP) is 4.48. The molecule has 0 saturated carbocycles. The molecule has 1 atom stereocenters. The largest absolute Gasteiger partial charge is 0.484 e. The lowest BCUT2D eigenvalue weighted by molar-refractivity contribution is -0.137. The summed E-state index contributed by atoms with van der Waals surface area (Å²) in [5.74, 6) is -0.341. The Bertz CT molecular complexity index is 974. The van der Waals surface area contributed by atoms with Crippen molar-refractivity contribution < 1.29 is 24.5 Å². The monoisotopic (exact) mass is 449 g/mol. The summed E-state index contributed by atoms with van der Waals surface area (Å²) >= 11 is 0. The number of rotatable bonds is 10. The number of carboxylic acid groups (broad SMARTS) is 1. The number of nitrogens with zero attached hydrogens (tertiary/aromatic N) is 1. The van der Waals surface area contributed by atoms with Gasteiger partial charge in [0.2, 0.25) is 0 Å². The minimum absolute atomic E-state index is 0.0710. The zero-order chi connectivity index (χ0) is 24.1. The molecule has 0 saturated heterocycles. The summed E-state index contributed by atoms with van der Waals surface area (Å²) in [7, 11) is 1.00. The highest BCUT2D eigenvalue weighted by Crippen LogP contribution is 2.23. The third-order valence-electron chi connectivity index (χ3n) is 5.18. The van der Waals surface area contributed by atoms with Gasteiger partial charge in [0.15, 0.2) is 6.61 Å². The van der Waals surface area contributed by atoms with Crippen LogP contribution in [0, 0.1) is 0 Å². The van der Waals surface area contributed by atoms with Crippen LogP contribution in [-0.4, -0.2) is 40.7 Å². The number of carboxylic acids is 1. The molecule has 0 bridgehead atoms. The van der Waals surface area contributed by atoms with Gasteiger partial charge in [-0.05, 0) is 42.2 Å². The standard InChI is InChI=1S/C26H27NO4.CH4O/c1-20(23-10-6-3-7-11-23)27(18-22-8-4-2-5-9-22)25(28)19-31-24-15-12-21(13-16-24)14-17-26(29)30;1-2/h2-13,15-16,20H,14,17-19H2,1H3,(H,29,30);2H,1H3. The number of ether oxygens (including phenoxy) is 1. The Balaban J connectivity index is 0.00000187. The number of amides is 1. The molecule has 0 aliphatic rings. The van der Waals surface area contributed by atoms with Crippen LogP contribution in [0.2, 0.25) is 0 Å². The summed E-state index contributed by atoms with van der Waals surface area (Å²) in [5, 5.41) is 15.8. The van der Waals surface area contributed by atoms with Crippen LogP contribution in [0.4, 0.5) is 0 Å². The van der Waals surface area contributed by atoms with E-state index in [-0.39, 0.29) is 25.0 Å². The maximum Gasteiger partial charge on any atom is 0.303 e. The quantitative estimate of drug-likeness (QED) is 0.477. The molecule has 2 N–H and O–H groups in total. The minimum Gasteiger partial charge on any atom is -0.484 e. The summed E-state index contributed by atoms with van der Waals surface area (Å²) in [5.41, 5.74) is 3.04. The van der Waals surface area contributed by atoms with Crippen molar-refractivity contribution in [2.75, 3.05) is 13.7 Å². The average Bonchev–Trinajstić information content (AvgIpc) is 2.87. The Morgan fingerprint density at radius 1 is 0.848 bits per heavy atom. The van der Waals surface area contributed by atoms with Gasteiger partial charge in [0.05, 0.1) is 6.04 Å². The van der Waals surface area contributed by atoms with Crippen molar-refractivity contribution in [1.82, 2.24) is 4.90 Å². The summed E-state index contributed by atoms with van der Waals surface area (Å²) in [4.78, 5) is 25.6. The van der Waals surface area contributed by atoms with Crippen molar-refractivity contribution in [3.63, 3.8) is 0 Å². The van der Waals surface area contributed by atoms with Crippen molar-refractivity contribution in [3.05, 3.63) is 102 Å². The molecule has 6 heteroatoms. The number of aliphatic hydroxyl groups is 1. The van der Waals surface area contributed by atoms with Crippen LogP contribution in [0.15, 0.2) is 84.9 Å². The molecule has 0 spiro atoms. The van der Waals surface area contributed by atoms with Gasteiger partial charge in [-0.1, -0.05) is 72.8 Å². The molecule has 0 aromatic heterocycles. The van der Waals surface area contributed by atoms with Gasteiger partial charge in [-0.25, -0.2) is 0 Å². The maximum atomic E-state index is 13.1. The highest BCUT2D eigenvalue weighted by molar-refractivity contribution is 5.78. The second kappa shape index (κ2) is 13.7. The number of aliphatic hydroxyl groups excluding tert-OH is 1. The lowest BCUT2D eigenvalue weighted by Crippen LogP contribution is -2.36. The van der Waals surface area contributed by atoms with Crippen LogP contribution in [0.3, 0.4) is 0 Å². The van der Waals surface area contributed by atoms with E-state index in [4.69, 9.17) is 14.9 Å². The first-order valence-corrected chi connectivity index (χ1v) is 10.8. The van der Waals surface area contributed by atoms with E-state index in [1.165, 1.54) is 0 Å². The van der Waals surface area contributed by atoms with E-state index in [2.05, 4.69) is 0 Å². The Morgan fingerprint density at radius 3 is 2.00 bits per heavy atom. The van der Waals surface area contributed by atoms with Gasteiger partial charge in [-0.2, -0.15) is 0 Å². The van der Waals surface area contributed by atoms with Gasteiger partial charge in [0.25, 0.3) is 5.91 Å². The fourth-order valence-corrected chi connectivity index (χ4v) is 3.36. The number of hydrogen-bond acceptors (Lipinski definition) is 4. The maximum absolute atomic E-state index is 13.1. The summed E-state index contributed by atoms with van der Waals surface area (Å²) in [6.45, 7) is 2.44. The Kier molecular flexibility index (Phi) is 10.6. The van der Waals surface area contributed by atoms with Gasteiger partial charge in [-0.3, -0.25) is 9.59 Å². The molecule has 1 unspecified atom stereocenters. The second-order valence-corrected chi connectivity index (χ2v) is 7.42. The molecular formula is C27H31NO5. The van der Waals surface area contributed by atoms with Crippen molar-refractivity contribution in [3.8, 4) is 5.75 Å². The molecule has 33 heavy (non-hydrogen) atoms. The molecule has 0 aliphatic carbocycles. The van der Waals surface area contributed by atoms with Crippen molar-refractivity contribution in [2.45, 2.75) is 32.4 Å². The van der Waals surface area contributed by atoms with Crippen LogP contribution in [0.1, 0.15) is 36.1 Å². The van der Waals surface area contributed by atoms with E-state index in [9.17, 15) is 9.59 Å². The number of aliphatic carboxylic acids is 1. The first-order valence-electron chi connectivity index (χ1n) is 10.8. The van der Waals surface area contributed by atoms with Crippen LogP contribution >= 0.6 is 0 Å². The molecule has 0 fully saturated rings. The lowest BCUT2D eigenvalue weighted by atomic mass is 10.1. The van der Waals surface area contributed by atoms with Crippen molar-refractivity contribution >= 4 is 11.9 Å². The van der Waals surface area contributed by atoms with Gasteiger partial charge in [0, 0.05) is 20.1 Å². The van der Waals surface area contributed by atoms with E-state index in [1.54, 1.807) is 12.1 Å². The van der Waals surface area contributed by atoms with E-state index < -0.39 is 5.97 Å². The molecule has 0 aliphatic heterocycles. The molecular weight excluding hydrogens is 418 g/mol. The Labute approximate surface area is 195 Å². The first-order chi connectivity index (χ1) is 16.0. The molecule has 3 rings (SSSR count). The zero-order valence-electron chi connectivity index (χ0n) is 19.1. The number of benzene rings is 3. The third-order valence-corrected chi connectivity index (χ3v) is 5.18. The normalized spacial score (nSPS) is 11.0. The molecule has 6 nitrogen and oxygen atoms in total. The van der Waals surface area contributed by atoms with Gasteiger partial charge >= 0.3 is 5.97 Å². The fourth-order valence-electron chi connectivity index (χ4n) is 3.36. The Morgan fingerprint density at radius 2 is 1.42 bits per heavy atom. The molecule has 1 amide bonds. The molecule has 174 valence electrons. The Hall–Kier alpha value is -3.64. The number of aryl methyl sites for hydroxylation is 1. The van der Waals surface area contributed by atoms with Crippen molar-refractivity contribution in [1.29, 1.82) is 0 Å². The van der Waals surface area contributed by atoms with Crippen molar-refractivity contribution in [2.24, 2.45) is 0 Å². The highest BCUT2D eigenvalue weighted by Gasteiger charge is 2.22. The predicted molar refractivity (Wildman–Crippen MR) is 128 cm³/mol. The van der Waals surface area contributed by atoms with E-state index in [0.717, 1.165) is 23.8 Å². The minimum atomic E-state index is -0.822. The van der Waals surface area contributed by atoms with Gasteiger partial charge in [0.1, 0.15) is 5.75 Å². The second-order valence-electron chi connectivity index (χ2n) is 7.42. The number of carbonyl (C=O) groups is 2. The molecule has 0 heterocycles. The highest BCUT2D eigenvalue weighted by atomic mass is 16.5. The molecule has 0 radical (unpaired) electrons. The molecule has 3 aromatic rings. The van der Waals surface area contributed by atoms with Crippen LogP contribution in [0.5, 0.6) is 5.75 Å². The van der Waals surface area contributed by atoms with Crippen LogP contribution < -0.4 is 4.74 Å². The van der Waals surface area contributed by atoms with E-state index in [0.29, 0.717) is 18.7 Å². The SMILES string of the molecule is CC(c1ccccc1)N(Cc1ccccc1)C(=O)COc1ccc(CCC(=O)O)cc1.CO. The average molecular weight is 450 g/mol. The summed E-state index contributed by atoms with van der Waals surface area (Å²) in [6.07, 6.45) is 0.554. The van der Waals surface area contributed by atoms with E-state index >= 15 is 0 Å². The summed E-state index contributed by atoms with van der Waals surface area (Å²) < 4.78 is 5.75. The van der Waals surface area contributed by atoms with Crippen LogP contribution in [0.25, 0.3) is 0 Å². The fraction of sp³-hybridized carbons (Fsp3) is 0.259. The van der Waals surface area contributed by atoms with Crippen LogP contribution in [-0.2, 0) is 22.6 Å². The third kappa shape index (κ3) is 8.43. The first kappa shape index (κ1) is 25.6. The number of carbonyl (C=O) groups excluding carboxylic acids is 1. The lowest BCUT2D eigenvalue weighted by Gasteiger charge is -2.30. The topological polar surface area (TPSA) is 87.1 Å². The number of hydrogen-bond donors (Lipinski definition) is 2. The van der Waals surface area contributed by atoms with E-state index in [1.807, 2.05) is 84.6 Å².